The lowest BCUT2D eigenvalue weighted by molar-refractivity contribution is -0.161. The third-order valence-corrected chi connectivity index (χ3v) is 10.5. The van der Waals surface area contributed by atoms with Crippen molar-refractivity contribution in [1.82, 2.24) is 0 Å². The topological polar surface area (TPSA) is 189 Å². The van der Waals surface area contributed by atoms with Crippen molar-refractivity contribution < 1.29 is 52.3 Å². The number of phosphoric acid groups is 1. The molecule has 0 amide bonds. The number of nitrogens with two attached hydrogens (primary N) is 1. The van der Waals surface area contributed by atoms with Gasteiger partial charge in [-0.3, -0.25) is 28.2 Å². The molecule has 0 aliphatic heterocycles. The number of esters is 2. The maximum absolute atomic E-state index is 12.6. The van der Waals surface area contributed by atoms with Crippen molar-refractivity contribution in [2.45, 2.75) is 199 Å². The summed E-state index contributed by atoms with van der Waals surface area (Å²) in [5.41, 5.74) is 5.33. The highest BCUT2D eigenvalue weighted by atomic mass is 31.2. The second kappa shape index (κ2) is 40.5. The molecule has 1 unspecified atom stereocenters. The number of ether oxygens (including phenoxy) is 2. The number of carbonyl (C=O) groups is 4. The van der Waals surface area contributed by atoms with Gasteiger partial charge in [0.15, 0.2) is 11.9 Å². The fraction of sp³-hybridized carbons (Fsp3) is 0.739. The van der Waals surface area contributed by atoms with E-state index in [1.807, 2.05) is 6.08 Å². The maximum Gasteiger partial charge on any atom is 0.472 e. The highest BCUT2D eigenvalue weighted by Gasteiger charge is 2.28. The quantitative estimate of drug-likeness (QED) is 0.0132. The van der Waals surface area contributed by atoms with E-state index in [9.17, 15) is 28.6 Å². The Kier molecular flexibility index (Phi) is 38.5. The molecule has 4 N–H and O–H groups in total. The zero-order chi connectivity index (χ0) is 43.7. The third kappa shape index (κ3) is 40.3. The van der Waals surface area contributed by atoms with Gasteiger partial charge in [0.05, 0.1) is 13.2 Å². The minimum atomic E-state index is -4.75. The van der Waals surface area contributed by atoms with E-state index in [1.165, 1.54) is 64.2 Å². The molecule has 0 saturated heterocycles. The smallest absolute Gasteiger partial charge is 0.472 e. The number of unbranched alkanes of at least 4 members (excludes halogenated alkanes) is 19. The van der Waals surface area contributed by atoms with E-state index in [4.69, 9.17) is 24.8 Å². The Morgan fingerprint density at radius 1 is 0.576 bits per heavy atom. The Hall–Kier alpha value is -2.89. The van der Waals surface area contributed by atoms with Gasteiger partial charge >= 0.3 is 25.7 Å². The molecule has 0 saturated carbocycles. The molecule has 12 nitrogen and oxygen atoms in total. The van der Waals surface area contributed by atoms with E-state index >= 15 is 0 Å². The number of hydrogen-bond donors (Lipinski definition) is 3. The molecule has 0 rings (SSSR count). The Morgan fingerprint density at radius 2 is 1.05 bits per heavy atom. The molecular weight excluding hydrogens is 773 g/mol. The van der Waals surface area contributed by atoms with Crippen molar-refractivity contribution in [3.63, 3.8) is 0 Å². The lowest BCUT2D eigenvalue weighted by Gasteiger charge is -2.20. The standard InChI is InChI=1S/C46H80NO11P/c1-3-5-7-9-11-12-13-14-15-16-17-18-19-20-21-22-24-28-33-37-45(50)58-42(39-56-59(53,54)57-40-43(47)46(51)52)38-55-44(49)36-32-29-25-27-31-35-41(48)34-30-26-23-10-8-6-4-2/h11-12,14-15,23,26,30,34,42-43H,3-10,13,16-22,24-25,27-29,31-33,35-40,47H2,1-2H3,(H,51,52)(H,53,54)/b12-11-,15-14-,26-23-,34-30+/t42-,43+/m1/s1. The van der Waals surface area contributed by atoms with Crippen LogP contribution in [0, 0.1) is 0 Å². The molecule has 340 valence electrons. The number of carbonyl (C=O) groups excluding carboxylic acids is 3. The first-order chi connectivity index (χ1) is 28.5. The SMILES string of the molecule is CCCCC/C=C\C=C\C(=O)CCCCCCCC(=O)OC[C@H](COP(=O)(O)OC[C@H](N)C(=O)O)OC(=O)CCCCCCCCCCC/C=C\C/C=C\CCCCC. The van der Waals surface area contributed by atoms with Gasteiger partial charge in [0.25, 0.3) is 0 Å². The molecule has 3 atom stereocenters. The summed E-state index contributed by atoms with van der Waals surface area (Å²) in [7, 11) is -4.75. The minimum absolute atomic E-state index is 0.0989. The predicted octanol–water partition coefficient (Wildman–Crippen LogP) is 11.4. The summed E-state index contributed by atoms with van der Waals surface area (Å²) in [6.45, 7) is 2.60. The molecule has 13 heteroatoms. The van der Waals surface area contributed by atoms with E-state index in [-0.39, 0.29) is 18.6 Å². The Bertz CT molecular complexity index is 1250. The van der Waals surface area contributed by atoms with Crippen molar-refractivity contribution >= 4 is 31.5 Å². The lowest BCUT2D eigenvalue weighted by Crippen LogP contribution is -2.34. The third-order valence-electron chi connectivity index (χ3n) is 9.53. The van der Waals surface area contributed by atoms with Crippen LogP contribution in [0.1, 0.15) is 187 Å². The number of ketones is 1. The predicted molar refractivity (Wildman–Crippen MR) is 236 cm³/mol. The van der Waals surface area contributed by atoms with Gasteiger partial charge in [-0.2, -0.15) is 0 Å². The number of carboxylic acids is 1. The normalized spacial score (nSPS) is 14.0. The maximum atomic E-state index is 12.6. The van der Waals surface area contributed by atoms with Gasteiger partial charge in [-0.1, -0.05) is 146 Å². The Morgan fingerprint density at radius 3 is 1.61 bits per heavy atom. The van der Waals surface area contributed by atoms with Crippen molar-refractivity contribution in [3.8, 4) is 0 Å². The molecule has 0 aliphatic rings. The summed E-state index contributed by atoms with van der Waals surface area (Å²) >= 11 is 0. The number of hydrogen-bond acceptors (Lipinski definition) is 10. The molecular formula is C46H80NO11P. The van der Waals surface area contributed by atoms with Crippen molar-refractivity contribution in [2.24, 2.45) is 5.73 Å². The molecule has 59 heavy (non-hydrogen) atoms. The van der Waals surface area contributed by atoms with Crippen LogP contribution in [0.15, 0.2) is 48.6 Å². The molecule has 0 spiro atoms. The number of carboxylic acid groups (broad SMARTS) is 1. The van der Waals surface area contributed by atoms with Crippen LogP contribution < -0.4 is 5.73 Å². The summed E-state index contributed by atoms with van der Waals surface area (Å²) in [4.78, 5) is 58.0. The summed E-state index contributed by atoms with van der Waals surface area (Å²) in [6, 6.07) is -1.54. The zero-order valence-electron chi connectivity index (χ0n) is 36.6. The number of rotatable bonds is 42. The summed E-state index contributed by atoms with van der Waals surface area (Å²) in [6.07, 6.45) is 41.3. The summed E-state index contributed by atoms with van der Waals surface area (Å²) in [5.74, 6) is -2.39. The van der Waals surface area contributed by atoms with Gasteiger partial charge < -0.3 is 25.2 Å². The molecule has 0 fully saturated rings. The second-order valence-corrected chi connectivity index (χ2v) is 16.7. The number of aliphatic carboxylic acids is 1. The van der Waals surface area contributed by atoms with Crippen molar-refractivity contribution in [2.75, 3.05) is 19.8 Å². The molecule has 0 aromatic carbocycles. The fourth-order valence-corrected chi connectivity index (χ4v) is 6.68. The van der Waals surface area contributed by atoms with Crippen LogP contribution in [-0.2, 0) is 42.3 Å². The van der Waals surface area contributed by atoms with E-state index in [1.54, 1.807) is 12.2 Å². The highest BCUT2D eigenvalue weighted by molar-refractivity contribution is 7.47. The molecule has 0 radical (unpaired) electrons. The average molecular weight is 854 g/mol. The van der Waals surface area contributed by atoms with Crippen LogP contribution in [0.4, 0.5) is 0 Å². The molecule has 0 heterocycles. The van der Waals surface area contributed by atoms with Gasteiger partial charge in [-0.25, -0.2) is 4.57 Å². The van der Waals surface area contributed by atoms with Gasteiger partial charge in [-0.05, 0) is 70.3 Å². The number of phosphoric ester groups is 1. The largest absolute Gasteiger partial charge is 0.480 e. The molecule has 0 aliphatic carbocycles. The average Bonchev–Trinajstić information content (AvgIpc) is 3.21. The van der Waals surface area contributed by atoms with Gasteiger partial charge in [0.2, 0.25) is 0 Å². The van der Waals surface area contributed by atoms with Crippen LogP contribution in [0.5, 0.6) is 0 Å². The fourth-order valence-electron chi connectivity index (χ4n) is 5.90. The van der Waals surface area contributed by atoms with Gasteiger partial charge in [-0.15, -0.1) is 0 Å². The van der Waals surface area contributed by atoms with Crippen molar-refractivity contribution in [3.05, 3.63) is 48.6 Å². The van der Waals surface area contributed by atoms with Crippen LogP contribution in [-0.4, -0.2) is 65.7 Å². The van der Waals surface area contributed by atoms with E-state index < -0.39 is 57.7 Å². The Balaban J connectivity index is 4.41. The first kappa shape index (κ1) is 56.1. The van der Waals surface area contributed by atoms with Crippen LogP contribution in [0.2, 0.25) is 0 Å². The minimum Gasteiger partial charge on any atom is -0.480 e. The molecule has 0 aromatic rings. The number of allylic oxidation sites excluding steroid dienone is 8. The van der Waals surface area contributed by atoms with Crippen LogP contribution in [0.25, 0.3) is 0 Å². The zero-order valence-corrected chi connectivity index (χ0v) is 37.5. The monoisotopic (exact) mass is 854 g/mol. The first-order valence-electron chi connectivity index (χ1n) is 22.6. The van der Waals surface area contributed by atoms with E-state index in [0.717, 1.165) is 77.0 Å². The van der Waals surface area contributed by atoms with E-state index in [0.29, 0.717) is 19.3 Å². The second-order valence-electron chi connectivity index (χ2n) is 15.2. The van der Waals surface area contributed by atoms with E-state index in [2.05, 4.69) is 48.8 Å². The van der Waals surface area contributed by atoms with Crippen LogP contribution >= 0.6 is 7.82 Å². The van der Waals surface area contributed by atoms with Gasteiger partial charge in [0, 0.05) is 19.3 Å². The van der Waals surface area contributed by atoms with Crippen molar-refractivity contribution in [1.29, 1.82) is 0 Å². The summed E-state index contributed by atoms with van der Waals surface area (Å²) in [5, 5.41) is 8.89. The lowest BCUT2D eigenvalue weighted by atomic mass is 10.1. The Labute approximate surface area is 356 Å². The highest BCUT2D eigenvalue weighted by Crippen LogP contribution is 2.43. The molecule has 0 aromatic heterocycles. The van der Waals surface area contributed by atoms with Crippen LogP contribution in [0.3, 0.4) is 0 Å². The van der Waals surface area contributed by atoms with Gasteiger partial charge in [0.1, 0.15) is 12.6 Å². The summed E-state index contributed by atoms with van der Waals surface area (Å²) < 4.78 is 32.6. The first-order valence-corrected chi connectivity index (χ1v) is 24.1. The molecule has 0 bridgehead atoms.